The van der Waals surface area contributed by atoms with Crippen LogP contribution in [0.3, 0.4) is 0 Å². The summed E-state index contributed by atoms with van der Waals surface area (Å²) in [6.45, 7) is 2.44. The summed E-state index contributed by atoms with van der Waals surface area (Å²) in [5, 5.41) is 0. The first-order valence-electron chi connectivity index (χ1n) is 6.48. The molecule has 2 aromatic rings. The molecule has 0 aliphatic heterocycles. The van der Waals surface area contributed by atoms with Gasteiger partial charge in [0.15, 0.2) is 5.78 Å². The molecule has 0 spiro atoms. The fourth-order valence-corrected chi connectivity index (χ4v) is 1.79. The molecule has 0 aliphatic rings. The van der Waals surface area contributed by atoms with E-state index in [0.29, 0.717) is 6.61 Å². The Balaban J connectivity index is 1.98. The lowest BCUT2D eigenvalue weighted by molar-refractivity contribution is 0.0989. The predicted molar refractivity (Wildman–Crippen MR) is 79.5 cm³/mol. The van der Waals surface area contributed by atoms with Gasteiger partial charge in [-0.2, -0.15) is 0 Å². The van der Waals surface area contributed by atoms with E-state index in [1.54, 1.807) is 0 Å². The maximum absolute atomic E-state index is 11.8. The van der Waals surface area contributed by atoms with Gasteiger partial charge in [0.2, 0.25) is 0 Å². The molecule has 0 saturated carbocycles. The standard InChI is InChI=1S/C16H17BO2/c1-12(17)16(18)14-7-9-15(10-8-14)19-11-13-5-3-2-4-6-13/h2-10,12H,11,17H2,1H3. The lowest BCUT2D eigenvalue weighted by Gasteiger charge is -2.08. The Morgan fingerprint density at radius 3 is 2.32 bits per heavy atom. The first-order chi connectivity index (χ1) is 9.16. The summed E-state index contributed by atoms with van der Waals surface area (Å²) in [4.78, 5) is 11.8. The zero-order valence-corrected chi connectivity index (χ0v) is 11.3. The van der Waals surface area contributed by atoms with E-state index in [0.717, 1.165) is 16.9 Å². The van der Waals surface area contributed by atoms with E-state index in [4.69, 9.17) is 4.74 Å². The van der Waals surface area contributed by atoms with Gasteiger partial charge in [-0.25, -0.2) is 0 Å². The molecule has 0 bridgehead atoms. The Hall–Kier alpha value is -2.03. The number of carbonyl (C=O) groups excluding carboxylic acids is 1. The van der Waals surface area contributed by atoms with Crippen molar-refractivity contribution in [1.82, 2.24) is 0 Å². The molecule has 0 heterocycles. The minimum absolute atomic E-state index is 0.0242. The number of ether oxygens (including phenoxy) is 1. The van der Waals surface area contributed by atoms with E-state index in [9.17, 15) is 4.79 Å². The van der Waals surface area contributed by atoms with Gasteiger partial charge >= 0.3 is 0 Å². The van der Waals surface area contributed by atoms with Crippen molar-refractivity contribution in [2.24, 2.45) is 0 Å². The molecule has 1 unspecified atom stereocenters. The summed E-state index contributed by atoms with van der Waals surface area (Å²) in [6, 6.07) is 17.3. The van der Waals surface area contributed by atoms with Crippen molar-refractivity contribution in [3.05, 3.63) is 65.7 Å². The maximum Gasteiger partial charge on any atom is 0.157 e. The molecule has 0 aliphatic carbocycles. The SMILES string of the molecule is BC(C)C(=O)c1ccc(OCc2ccccc2)cc1. The summed E-state index contributed by atoms with van der Waals surface area (Å²) >= 11 is 0. The van der Waals surface area contributed by atoms with Gasteiger partial charge in [-0.05, 0) is 35.6 Å². The van der Waals surface area contributed by atoms with E-state index < -0.39 is 0 Å². The molecule has 1 atom stereocenters. The molecule has 0 radical (unpaired) electrons. The summed E-state index contributed by atoms with van der Waals surface area (Å²) in [5.41, 5.74) is 1.87. The first-order valence-corrected chi connectivity index (χ1v) is 6.48. The van der Waals surface area contributed by atoms with Crippen LogP contribution in [0.25, 0.3) is 0 Å². The van der Waals surface area contributed by atoms with Crippen LogP contribution in [0, 0.1) is 0 Å². The van der Waals surface area contributed by atoms with Gasteiger partial charge < -0.3 is 4.74 Å². The van der Waals surface area contributed by atoms with Crippen LogP contribution in [0.1, 0.15) is 22.8 Å². The zero-order valence-electron chi connectivity index (χ0n) is 11.3. The Bertz CT molecular complexity index is 532. The molecule has 19 heavy (non-hydrogen) atoms. The Morgan fingerprint density at radius 2 is 1.74 bits per heavy atom. The normalized spacial score (nSPS) is 11.8. The monoisotopic (exact) mass is 252 g/mol. The fraction of sp³-hybridized carbons (Fsp3) is 0.188. The molecule has 0 amide bonds. The van der Waals surface area contributed by atoms with Crippen molar-refractivity contribution in [2.45, 2.75) is 19.3 Å². The predicted octanol–water partition coefficient (Wildman–Crippen LogP) is 2.89. The number of rotatable bonds is 5. The minimum atomic E-state index is 0.0242. The topological polar surface area (TPSA) is 26.3 Å². The highest BCUT2D eigenvalue weighted by atomic mass is 16.5. The Morgan fingerprint density at radius 1 is 1.11 bits per heavy atom. The van der Waals surface area contributed by atoms with E-state index in [1.807, 2.05) is 69.4 Å². The second kappa shape index (κ2) is 6.23. The maximum atomic E-state index is 11.8. The second-order valence-corrected chi connectivity index (χ2v) is 4.82. The Kier molecular flexibility index (Phi) is 4.40. The van der Waals surface area contributed by atoms with Crippen molar-refractivity contribution < 1.29 is 9.53 Å². The molecule has 2 aromatic carbocycles. The van der Waals surface area contributed by atoms with Gasteiger partial charge in [0.05, 0.1) is 0 Å². The van der Waals surface area contributed by atoms with E-state index in [-0.39, 0.29) is 11.6 Å². The third-order valence-electron chi connectivity index (χ3n) is 2.91. The second-order valence-electron chi connectivity index (χ2n) is 4.82. The third-order valence-corrected chi connectivity index (χ3v) is 2.91. The van der Waals surface area contributed by atoms with Crippen LogP contribution in [-0.2, 0) is 6.61 Å². The van der Waals surface area contributed by atoms with Crippen molar-refractivity contribution in [1.29, 1.82) is 0 Å². The molecule has 0 N–H and O–H groups in total. The number of Topliss-reactive ketones (excluding diaryl/α,β-unsaturated/α-hetero) is 1. The molecule has 2 nitrogen and oxygen atoms in total. The smallest absolute Gasteiger partial charge is 0.157 e. The lowest BCUT2D eigenvalue weighted by Crippen LogP contribution is -2.05. The van der Waals surface area contributed by atoms with Crippen molar-refractivity contribution in [3.63, 3.8) is 0 Å². The summed E-state index contributed by atoms with van der Waals surface area (Å²) in [7, 11) is 1.90. The Labute approximate surface area is 114 Å². The van der Waals surface area contributed by atoms with Gasteiger partial charge in [0.25, 0.3) is 0 Å². The lowest BCUT2D eigenvalue weighted by atomic mass is 9.83. The van der Waals surface area contributed by atoms with E-state index in [1.165, 1.54) is 0 Å². The fourth-order valence-electron chi connectivity index (χ4n) is 1.79. The highest BCUT2D eigenvalue weighted by molar-refractivity contribution is 6.27. The number of hydrogen-bond donors (Lipinski definition) is 0. The molecule has 96 valence electrons. The van der Waals surface area contributed by atoms with E-state index in [2.05, 4.69) is 0 Å². The average molecular weight is 252 g/mol. The molecule has 0 aromatic heterocycles. The van der Waals surface area contributed by atoms with Crippen LogP contribution < -0.4 is 4.74 Å². The van der Waals surface area contributed by atoms with Crippen molar-refractivity contribution in [3.8, 4) is 5.75 Å². The summed E-state index contributed by atoms with van der Waals surface area (Å²) in [6.07, 6.45) is 0. The van der Waals surface area contributed by atoms with Crippen LogP contribution in [0.5, 0.6) is 5.75 Å². The number of hydrogen-bond acceptors (Lipinski definition) is 2. The molecular formula is C16H17BO2. The molecule has 0 fully saturated rings. The van der Waals surface area contributed by atoms with Crippen LogP contribution in [0.2, 0.25) is 5.82 Å². The molecule has 3 heteroatoms. The summed E-state index contributed by atoms with van der Waals surface area (Å²) in [5.74, 6) is 0.967. The third kappa shape index (κ3) is 3.72. The average Bonchev–Trinajstić information content (AvgIpc) is 2.46. The van der Waals surface area contributed by atoms with Crippen LogP contribution in [-0.4, -0.2) is 13.6 Å². The molecule has 0 saturated heterocycles. The van der Waals surface area contributed by atoms with Crippen LogP contribution >= 0.6 is 0 Å². The first kappa shape index (κ1) is 13.4. The number of carbonyl (C=O) groups is 1. The largest absolute Gasteiger partial charge is 0.489 e. The minimum Gasteiger partial charge on any atom is -0.489 e. The van der Waals surface area contributed by atoms with Crippen LogP contribution in [0.4, 0.5) is 0 Å². The van der Waals surface area contributed by atoms with Gasteiger partial charge in [-0.3, -0.25) is 4.79 Å². The van der Waals surface area contributed by atoms with Crippen molar-refractivity contribution in [2.75, 3.05) is 0 Å². The molecule has 2 rings (SSSR count). The quantitative estimate of drug-likeness (QED) is 0.604. The number of benzene rings is 2. The zero-order chi connectivity index (χ0) is 13.7. The van der Waals surface area contributed by atoms with Gasteiger partial charge in [0.1, 0.15) is 20.2 Å². The number of ketones is 1. The highest BCUT2D eigenvalue weighted by Crippen LogP contribution is 2.17. The van der Waals surface area contributed by atoms with Gasteiger partial charge in [0, 0.05) is 5.56 Å². The van der Waals surface area contributed by atoms with Crippen LogP contribution in [0.15, 0.2) is 54.6 Å². The van der Waals surface area contributed by atoms with E-state index >= 15 is 0 Å². The molecular weight excluding hydrogens is 235 g/mol. The highest BCUT2D eigenvalue weighted by Gasteiger charge is 2.09. The summed E-state index contributed by atoms with van der Waals surface area (Å²) < 4.78 is 5.68. The van der Waals surface area contributed by atoms with Gasteiger partial charge in [-0.15, -0.1) is 0 Å². The van der Waals surface area contributed by atoms with Crippen molar-refractivity contribution >= 4 is 13.6 Å². The van der Waals surface area contributed by atoms with Gasteiger partial charge in [-0.1, -0.05) is 37.3 Å².